The van der Waals surface area contributed by atoms with Gasteiger partial charge in [0.2, 0.25) is 0 Å². The molecule has 0 fully saturated rings. The summed E-state index contributed by atoms with van der Waals surface area (Å²) in [4.78, 5) is 0. The molecule has 6 heteroatoms. The lowest BCUT2D eigenvalue weighted by Gasteiger charge is -2.13. The van der Waals surface area contributed by atoms with Gasteiger partial charge in [-0.25, -0.2) is 13.2 Å². The average molecular weight is 414 g/mol. The number of rotatable bonds is 2. The molecule has 0 bridgehead atoms. The van der Waals surface area contributed by atoms with E-state index in [0.717, 1.165) is 12.1 Å². The molecule has 0 nitrogen and oxygen atoms in total. The molecule has 0 radical (unpaired) electrons. The first-order valence-electron chi connectivity index (χ1n) is 5.13. The van der Waals surface area contributed by atoms with Crippen LogP contribution in [0.25, 0.3) is 0 Å². The third kappa shape index (κ3) is 3.33. The molecule has 0 spiro atoms. The van der Waals surface area contributed by atoms with Gasteiger partial charge in [-0.2, -0.15) is 0 Å². The van der Waals surface area contributed by atoms with E-state index in [1.807, 2.05) is 0 Å². The van der Waals surface area contributed by atoms with Crippen molar-refractivity contribution in [3.63, 3.8) is 0 Å². The van der Waals surface area contributed by atoms with Gasteiger partial charge in [0.15, 0.2) is 0 Å². The third-order valence-electron chi connectivity index (χ3n) is 2.49. The van der Waals surface area contributed by atoms with Crippen molar-refractivity contribution < 1.29 is 13.2 Å². The summed E-state index contributed by atoms with van der Waals surface area (Å²) in [5.41, 5.74) is 0.300. The van der Waals surface area contributed by atoms with E-state index in [1.165, 1.54) is 12.1 Å². The fourth-order valence-electron chi connectivity index (χ4n) is 1.63. The molecule has 0 saturated heterocycles. The maximum Gasteiger partial charge on any atom is 0.137 e. The Bertz CT molecular complexity index is 611. The lowest BCUT2D eigenvalue weighted by Crippen LogP contribution is -1.99. The lowest BCUT2D eigenvalue weighted by atomic mass is 10.0. The summed E-state index contributed by atoms with van der Waals surface area (Å²) in [6, 6.07) is 5.98. The molecule has 0 N–H and O–H groups in total. The summed E-state index contributed by atoms with van der Waals surface area (Å²) in [6.07, 6.45) is 0. The molecule has 1 atom stereocenters. The maximum atomic E-state index is 13.8. The Labute approximate surface area is 129 Å². The number of halogens is 6. The minimum Gasteiger partial charge on any atom is -0.207 e. The Morgan fingerprint density at radius 2 is 1.58 bits per heavy atom. The van der Waals surface area contributed by atoms with Crippen LogP contribution < -0.4 is 0 Å². The Hall–Kier alpha value is -0.520. The van der Waals surface area contributed by atoms with E-state index in [4.69, 9.17) is 11.6 Å². The van der Waals surface area contributed by atoms with Gasteiger partial charge in [-0.05, 0) is 51.8 Å². The van der Waals surface area contributed by atoms with Crippen molar-refractivity contribution in [2.24, 2.45) is 0 Å². The van der Waals surface area contributed by atoms with Gasteiger partial charge in [0.1, 0.15) is 17.5 Å². The minimum absolute atomic E-state index is 0.0121. The normalized spacial score (nSPS) is 12.5. The summed E-state index contributed by atoms with van der Waals surface area (Å²) in [7, 11) is 0. The number of hydrogen-bond acceptors (Lipinski definition) is 0. The van der Waals surface area contributed by atoms with Gasteiger partial charge in [0, 0.05) is 10.0 Å². The van der Waals surface area contributed by atoms with Crippen molar-refractivity contribution in [2.45, 2.75) is 5.38 Å². The van der Waals surface area contributed by atoms with Gasteiger partial charge in [0.25, 0.3) is 0 Å². The van der Waals surface area contributed by atoms with Crippen LogP contribution in [0.5, 0.6) is 0 Å². The third-order valence-corrected chi connectivity index (χ3v) is 4.04. The summed E-state index contributed by atoms with van der Waals surface area (Å²) < 4.78 is 41.0. The predicted octanol–water partition coefficient (Wildman–Crippen LogP) is 5.96. The van der Waals surface area contributed by atoms with E-state index in [9.17, 15) is 13.2 Å². The zero-order valence-corrected chi connectivity index (χ0v) is 13.2. The molecule has 0 aliphatic heterocycles. The quantitative estimate of drug-likeness (QED) is 0.420. The van der Waals surface area contributed by atoms with Crippen LogP contribution in [0, 0.1) is 17.5 Å². The van der Waals surface area contributed by atoms with Gasteiger partial charge >= 0.3 is 0 Å². The molecular weight excluding hydrogens is 408 g/mol. The molecule has 2 rings (SSSR count). The second-order valence-electron chi connectivity index (χ2n) is 3.85. The van der Waals surface area contributed by atoms with Crippen molar-refractivity contribution >= 4 is 43.5 Å². The van der Waals surface area contributed by atoms with Gasteiger partial charge in [-0.3, -0.25) is 0 Å². The largest absolute Gasteiger partial charge is 0.207 e. The monoisotopic (exact) mass is 412 g/mol. The van der Waals surface area contributed by atoms with E-state index in [0.29, 0.717) is 10.0 Å². The molecule has 0 aromatic heterocycles. The van der Waals surface area contributed by atoms with Crippen molar-refractivity contribution in [3.05, 3.63) is 67.9 Å². The van der Waals surface area contributed by atoms with Crippen molar-refractivity contribution in [1.29, 1.82) is 0 Å². The highest BCUT2D eigenvalue weighted by molar-refractivity contribution is 9.10. The molecule has 0 aliphatic carbocycles. The van der Waals surface area contributed by atoms with E-state index < -0.39 is 22.8 Å². The highest BCUT2D eigenvalue weighted by Gasteiger charge is 2.19. The molecule has 0 heterocycles. The Morgan fingerprint density at radius 3 is 2.21 bits per heavy atom. The molecule has 0 saturated carbocycles. The Morgan fingerprint density at radius 1 is 0.895 bits per heavy atom. The van der Waals surface area contributed by atoms with Crippen LogP contribution in [-0.4, -0.2) is 0 Å². The Balaban J connectivity index is 2.49. The highest BCUT2D eigenvalue weighted by Crippen LogP contribution is 2.34. The van der Waals surface area contributed by atoms with Gasteiger partial charge < -0.3 is 0 Å². The van der Waals surface area contributed by atoms with Gasteiger partial charge in [-0.15, -0.1) is 11.6 Å². The van der Waals surface area contributed by atoms with Crippen LogP contribution in [0.15, 0.2) is 39.3 Å². The van der Waals surface area contributed by atoms with Crippen molar-refractivity contribution in [1.82, 2.24) is 0 Å². The fraction of sp³-hybridized carbons (Fsp3) is 0.0769. The zero-order chi connectivity index (χ0) is 14.2. The lowest BCUT2D eigenvalue weighted by molar-refractivity contribution is 0.581. The number of benzene rings is 2. The second-order valence-corrected chi connectivity index (χ2v) is 6.06. The van der Waals surface area contributed by atoms with E-state index in [-0.39, 0.29) is 10.0 Å². The Kier molecular flexibility index (Phi) is 4.58. The van der Waals surface area contributed by atoms with Crippen molar-refractivity contribution in [3.8, 4) is 0 Å². The van der Waals surface area contributed by atoms with Crippen LogP contribution in [0.4, 0.5) is 13.2 Å². The molecule has 0 amide bonds. The summed E-state index contributed by atoms with van der Waals surface area (Å²) in [5.74, 6) is -1.79. The van der Waals surface area contributed by atoms with Gasteiger partial charge in [-0.1, -0.05) is 15.9 Å². The second kappa shape index (κ2) is 5.85. The summed E-state index contributed by atoms with van der Waals surface area (Å²) in [5, 5.41) is -0.977. The number of alkyl halides is 1. The summed E-state index contributed by atoms with van der Waals surface area (Å²) in [6.45, 7) is 0. The highest BCUT2D eigenvalue weighted by atomic mass is 79.9. The maximum absolute atomic E-state index is 13.8. The van der Waals surface area contributed by atoms with Crippen LogP contribution in [0.1, 0.15) is 16.5 Å². The first-order valence-corrected chi connectivity index (χ1v) is 7.15. The van der Waals surface area contributed by atoms with E-state index >= 15 is 0 Å². The predicted molar refractivity (Wildman–Crippen MR) is 75.9 cm³/mol. The molecule has 0 aliphatic rings. The van der Waals surface area contributed by atoms with E-state index in [1.54, 1.807) is 6.07 Å². The van der Waals surface area contributed by atoms with Crippen molar-refractivity contribution in [2.75, 3.05) is 0 Å². The fourth-order valence-corrected chi connectivity index (χ4v) is 2.72. The average Bonchev–Trinajstić information content (AvgIpc) is 2.31. The topological polar surface area (TPSA) is 0 Å². The first-order chi connectivity index (χ1) is 8.88. The van der Waals surface area contributed by atoms with Crippen LogP contribution in [0.3, 0.4) is 0 Å². The van der Waals surface area contributed by atoms with Crippen LogP contribution in [-0.2, 0) is 0 Å². The van der Waals surface area contributed by atoms with E-state index in [2.05, 4.69) is 31.9 Å². The standard InChI is InChI=1S/C13H6Br2ClF3/c14-7-1-6(2-8(17)3-7)13(16)9-4-12(19)10(15)5-11(9)18/h1-5,13H. The molecular formula is C13H6Br2ClF3. The molecule has 100 valence electrons. The smallest absolute Gasteiger partial charge is 0.137 e. The molecule has 1 unspecified atom stereocenters. The minimum atomic E-state index is -0.977. The number of hydrogen-bond donors (Lipinski definition) is 0. The molecule has 2 aromatic rings. The first kappa shape index (κ1) is 14.9. The van der Waals surface area contributed by atoms with Crippen LogP contribution in [0.2, 0.25) is 0 Å². The van der Waals surface area contributed by atoms with Gasteiger partial charge in [0.05, 0.1) is 9.85 Å². The van der Waals surface area contributed by atoms with Crippen LogP contribution >= 0.6 is 43.5 Å². The molecule has 19 heavy (non-hydrogen) atoms. The SMILES string of the molecule is Fc1cc(Br)cc(C(Cl)c2cc(F)c(Br)cc2F)c1. The summed E-state index contributed by atoms with van der Waals surface area (Å²) >= 11 is 12.1. The molecule has 2 aromatic carbocycles. The zero-order valence-electron chi connectivity index (χ0n) is 9.23.